The minimum Gasteiger partial charge on any atom is -0.382 e. The Hall–Kier alpha value is -1.31. The molecule has 0 saturated heterocycles. The van der Waals surface area contributed by atoms with Gasteiger partial charge in [0.1, 0.15) is 5.75 Å². The van der Waals surface area contributed by atoms with Crippen LogP contribution in [0, 0.1) is 0 Å². The summed E-state index contributed by atoms with van der Waals surface area (Å²) in [5.41, 5.74) is 3.87. The van der Waals surface area contributed by atoms with Crippen molar-refractivity contribution in [3.63, 3.8) is 0 Å². The molecule has 0 aromatic heterocycles. The van der Waals surface area contributed by atoms with Gasteiger partial charge >= 0.3 is 17.7 Å². The zero-order valence-corrected chi connectivity index (χ0v) is 23.4. The van der Waals surface area contributed by atoms with Gasteiger partial charge in [0.25, 0.3) is 0 Å². The molecule has 0 aliphatic heterocycles. The van der Waals surface area contributed by atoms with Crippen LogP contribution in [0.2, 0.25) is 0 Å². The highest BCUT2D eigenvalue weighted by molar-refractivity contribution is 7.98. The summed E-state index contributed by atoms with van der Waals surface area (Å²) in [6.07, 6.45) is 13.0. The average molecular weight is 531 g/mol. The molecule has 0 fully saturated rings. The fraction of sp³-hybridized carbons (Fsp3) is 0.520. The molecule has 0 aliphatic rings. The van der Waals surface area contributed by atoms with Gasteiger partial charge in [-0.1, -0.05) is 34.9 Å². The van der Waals surface area contributed by atoms with Gasteiger partial charge in [0.2, 0.25) is 0 Å². The summed E-state index contributed by atoms with van der Waals surface area (Å²) in [4.78, 5) is 18.4. The Labute approximate surface area is 209 Å². The lowest BCUT2D eigenvalue weighted by Gasteiger charge is -2.18. The first-order valence-electron chi connectivity index (χ1n) is 11.4. The summed E-state index contributed by atoms with van der Waals surface area (Å²) < 4.78 is 42.2. The average Bonchev–Trinajstić information content (AvgIpc) is 2.72. The molecule has 0 spiro atoms. The Morgan fingerprint density at radius 2 is 1.50 bits per heavy atom. The maximum absolute atomic E-state index is 12.6. The van der Waals surface area contributed by atoms with E-state index in [1.807, 2.05) is 19.3 Å². The van der Waals surface area contributed by atoms with Crippen molar-refractivity contribution in [3.8, 4) is 5.75 Å². The molecular formula is C25H39O6PS2. The van der Waals surface area contributed by atoms with E-state index in [0.717, 1.165) is 30.6 Å². The second kappa shape index (κ2) is 14.9. The Morgan fingerprint density at radius 1 is 0.971 bits per heavy atom. The quantitative estimate of drug-likeness (QED) is 0.0812. The fourth-order valence-corrected chi connectivity index (χ4v) is 6.63. The molecule has 2 N–H and O–H groups in total. The van der Waals surface area contributed by atoms with Crippen molar-refractivity contribution in [2.75, 3.05) is 6.26 Å². The van der Waals surface area contributed by atoms with Crippen molar-refractivity contribution in [2.24, 2.45) is 0 Å². The van der Waals surface area contributed by atoms with Crippen LogP contribution in [0.4, 0.5) is 0 Å². The van der Waals surface area contributed by atoms with E-state index in [4.69, 9.17) is 4.18 Å². The highest BCUT2D eigenvalue weighted by Gasteiger charge is 2.41. The van der Waals surface area contributed by atoms with Crippen molar-refractivity contribution >= 4 is 29.5 Å². The lowest BCUT2D eigenvalue weighted by molar-refractivity contribution is 0.361. The predicted octanol–water partition coefficient (Wildman–Crippen LogP) is 7.21. The number of hydrogen-bond acceptors (Lipinski definition) is 5. The van der Waals surface area contributed by atoms with Crippen LogP contribution in [0.25, 0.3) is 0 Å². The maximum Gasteiger partial charge on any atom is 0.347 e. The summed E-state index contributed by atoms with van der Waals surface area (Å²) in [5, 5.41) is 0. The van der Waals surface area contributed by atoms with Gasteiger partial charge in [0, 0.05) is 4.90 Å². The van der Waals surface area contributed by atoms with Gasteiger partial charge in [-0.05, 0) is 103 Å². The van der Waals surface area contributed by atoms with Crippen molar-refractivity contribution in [3.05, 3.63) is 59.2 Å². The molecule has 192 valence electrons. The molecule has 34 heavy (non-hydrogen) atoms. The highest BCUT2D eigenvalue weighted by atomic mass is 32.2. The van der Waals surface area contributed by atoms with Crippen LogP contribution in [0.3, 0.4) is 0 Å². The monoisotopic (exact) mass is 530 g/mol. The predicted molar refractivity (Wildman–Crippen MR) is 143 cm³/mol. The van der Waals surface area contributed by atoms with Gasteiger partial charge in [0.15, 0.2) is 4.99 Å². The summed E-state index contributed by atoms with van der Waals surface area (Å²) in [6, 6.07) is 6.33. The molecule has 0 radical (unpaired) electrons. The van der Waals surface area contributed by atoms with Gasteiger partial charge in [-0.3, -0.25) is 4.57 Å². The summed E-state index contributed by atoms with van der Waals surface area (Å²) in [5.74, 6) is 0.0381. The molecule has 1 aromatic rings. The second-order valence-corrected chi connectivity index (χ2v) is 13.4. The highest BCUT2D eigenvalue weighted by Crippen LogP contribution is 2.47. The van der Waals surface area contributed by atoms with Crippen LogP contribution >= 0.6 is 19.4 Å². The third kappa shape index (κ3) is 12.4. The molecule has 1 rings (SSSR count). The second-order valence-electron chi connectivity index (χ2n) is 8.69. The van der Waals surface area contributed by atoms with Gasteiger partial charge < -0.3 is 14.0 Å². The first-order chi connectivity index (χ1) is 15.8. The normalized spacial score (nSPS) is 14.1. The first kappa shape index (κ1) is 30.7. The standard InChI is InChI=1S/C25H39O6PS2/c1-20(2)10-8-12-22(4)14-9-13-21(3)11-6-7-15-25(32(26,27)28)34(29,30)31-23-16-18-24(33-5)19-17-23/h10-11,14,16-19,25H,6-9,12-13,15H2,1-5H3,(H2,26,27,28)/b21-11+,22-14+. The molecule has 9 heteroatoms. The van der Waals surface area contributed by atoms with Crippen LogP contribution in [0.15, 0.2) is 64.1 Å². The lowest BCUT2D eigenvalue weighted by atomic mass is 10.1. The van der Waals surface area contributed by atoms with Crippen molar-refractivity contribution in [1.29, 1.82) is 0 Å². The number of rotatable bonds is 15. The maximum atomic E-state index is 12.6. The van der Waals surface area contributed by atoms with Crippen LogP contribution in [-0.4, -0.2) is 29.5 Å². The zero-order valence-electron chi connectivity index (χ0n) is 20.9. The number of allylic oxidation sites excluding steroid dienone is 6. The largest absolute Gasteiger partial charge is 0.382 e. The smallest absolute Gasteiger partial charge is 0.347 e. The van der Waals surface area contributed by atoms with E-state index < -0.39 is 22.7 Å². The Morgan fingerprint density at radius 3 is 2.00 bits per heavy atom. The van der Waals surface area contributed by atoms with E-state index in [2.05, 4.69) is 32.9 Å². The Bertz CT molecular complexity index is 1000. The fourth-order valence-electron chi connectivity index (χ4n) is 3.28. The SMILES string of the molecule is CSc1ccc(OS(=O)(=O)C(CCC/C=C(\C)CC/C=C(\C)CCC=C(C)C)P(=O)(O)O)cc1. The van der Waals surface area contributed by atoms with E-state index in [0.29, 0.717) is 12.8 Å². The third-order valence-corrected chi connectivity index (χ3v) is 9.93. The summed E-state index contributed by atoms with van der Waals surface area (Å²) in [6.45, 7) is 8.36. The Balaban J connectivity index is 2.61. The third-order valence-electron chi connectivity index (χ3n) is 5.25. The number of thioether (sulfide) groups is 1. The van der Waals surface area contributed by atoms with Crippen molar-refractivity contribution in [2.45, 2.75) is 82.5 Å². The molecular weight excluding hydrogens is 491 g/mol. The van der Waals surface area contributed by atoms with Crippen LogP contribution < -0.4 is 4.18 Å². The molecule has 1 unspecified atom stereocenters. The van der Waals surface area contributed by atoms with E-state index in [1.165, 1.54) is 40.6 Å². The lowest BCUT2D eigenvalue weighted by Crippen LogP contribution is -2.26. The summed E-state index contributed by atoms with van der Waals surface area (Å²) in [7, 11) is -9.40. The van der Waals surface area contributed by atoms with Crippen LogP contribution in [0.5, 0.6) is 5.75 Å². The molecule has 0 amide bonds. The molecule has 0 saturated carbocycles. The molecule has 0 bridgehead atoms. The van der Waals surface area contributed by atoms with Gasteiger partial charge in [0.05, 0.1) is 0 Å². The van der Waals surface area contributed by atoms with E-state index in [-0.39, 0.29) is 12.2 Å². The minimum atomic E-state index is -4.91. The molecule has 0 aliphatic carbocycles. The van der Waals surface area contributed by atoms with Crippen LogP contribution in [0.1, 0.15) is 72.6 Å². The topological polar surface area (TPSA) is 101 Å². The molecule has 1 atom stereocenters. The van der Waals surface area contributed by atoms with E-state index in [1.54, 1.807) is 12.1 Å². The summed E-state index contributed by atoms with van der Waals surface area (Å²) >= 11 is 1.49. The molecule has 6 nitrogen and oxygen atoms in total. The molecule has 1 aromatic carbocycles. The first-order valence-corrected chi connectivity index (χ1v) is 15.8. The number of hydrogen-bond donors (Lipinski definition) is 2. The number of benzene rings is 1. The van der Waals surface area contributed by atoms with E-state index in [9.17, 15) is 22.8 Å². The minimum absolute atomic E-state index is 0.0381. The van der Waals surface area contributed by atoms with Gasteiger partial charge in [-0.2, -0.15) is 8.42 Å². The van der Waals surface area contributed by atoms with E-state index >= 15 is 0 Å². The number of unbranched alkanes of at least 4 members (excludes halogenated alkanes) is 1. The Kier molecular flexibility index (Phi) is 13.5. The molecule has 0 heterocycles. The zero-order chi connectivity index (χ0) is 25.8. The van der Waals surface area contributed by atoms with Crippen molar-refractivity contribution in [1.82, 2.24) is 0 Å². The van der Waals surface area contributed by atoms with Gasteiger partial charge in [-0.25, -0.2) is 0 Å². The van der Waals surface area contributed by atoms with Crippen LogP contribution in [-0.2, 0) is 14.7 Å². The van der Waals surface area contributed by atoms with Gasteiger partial charge in [-0.15, -0.1) is 11.8 Å². The van der Waals surface area contributed by atoms with Crippen molar-refractivity contribution < 1.29 is 27.0 Å².